The largest absolute Gasteiger partial charge is 0.335 e. The zero-order chi connectivity index (χ0) is 17.1. The molecule has 1 heterocycles. The van der Waals surface area contributed by atoms with Crippen LogP contribution >= 0.6 is 0 Å². The van der Waals surface area contributed by atoms with Crippen molar-refractivity contribution in [1.29, 1.82) is 0 Å². The van der Waals surface area contributed by atoms with Crippen molar-refractivity contribution in [2.75, 3.05) is 26.2 Å². The Bertz CT molecular complexity index is 696. The topological polar surface area (TPSA) is 40.6 Å². The van der Waals surface area contributed by atoms with Crippen LogP contribution in [0.25, 0.3) is 0 Å². The van der Waals surface area contributed by atoms with Crippen LogP contribution in [0, 0.1) is 13.8 Å². The molecule has 0 saturated carbocycles. The SMILES string of the molecule is Cc1cccc(C(=O)N2CCN(C(=O)c3cccc(C)c3)CC2)c1. The van der Waals surface area contributed by atoms with E-state index >= 15 is 0 Å². The molecule has 24 heavy (non-hydrogen) atoms. The molecule has 2 amide bonds. The van der Waals surface area contributed by atoms with Gasteiger partial charge in [-0.15, -0.1) is 0 Å². The van der Waals surface area contributed by atoms with Crippen LogP contribution in [0.5, 0.6) is 0 Å². The Balaban J connectivity index is 1.63. The summed E-state index contributed by atoms with van der Waals surface area (Å²) in [7, 11) is 0. The van der Waals surface area contributed by atoms with Crippen molar-refractivity contribution < 1.29 is 9.59 Å². The molecule has 0 unspecified atom stereocenters. The molecule has 4 heteroatoms. The van der Waals surface area contributed by atoms with Gasteiger partial charge in [-0.05, 0) is 38.1 Å². The van der Waals surface area contributed by atoms with Gasteiger partial charge < -0.3 is 9.80 Å². The van der Waals surface area contributed by atoms with Crippen LogP contribution in [0.2, 0.25) is 0 Å². The minimum atomic E-state index is 0.0429. The van der Waals surface area contributed by atoms with Gasteiger partial charge in [0.15, 0.2) is 0 Å². The van der Waals surface area contributed by atoms with Crippen LogP contribution in [0.1, 0.15) is 31.8 Å². The summed E-state index contributed by atoms with van der Waals surface area (Å²) in [6.07, 6.45) is 0. The summed E-state index contributed by atoms with van der Waals surface area (Å²) in [6.45, 7) is 6.26. The van der Waals surface area contributed by atoms with Crippen LogP contribution in [-0.2, 0) is 0 Å². The van der Waals surface area contributed by atoms with Gasteiger partial charge in [0.25, 0.3) is 11.8 Å². The molecule has 0 spiro atoms. The van der Waals surface area contributed by atoms with E-state index < -0.39 is 0 Å². The standard InChI is InChI=1S/C20H22N2O2/c1-15-5-3-7-17(13-15)19(23)21-9-11-22(12-10-21)20(24)18-8-4-6-16(2)14-18/h3-8,13-14H,9-12H2,1-2H3. The number of nitrogens with zero attached hydrogens (tertiary/aromatic N) is 2. The first-order valence-corrected chi connectivity index (χ1v) is 8.26. The smallest absolute Gasteiger partial charge is 0.253 e. The summed E-state index contributed by atoms with van der Waals surface area (Å²) in [5.41, 5.74) is 3.59. The zero-order valence-electron chi connectivity index (χ0n) is 14.2. The van der Waals surface area contributed by atoms with Crippen LogP contribution in [0.15, 0.2) is 48.5 Å². The van der Waals surface area contributed by atoms with Gasteiger partial charge in [0.1, 0.15) is 0 Å². The second kappa shape index (κ2) is 6.87. The molecule has 3 rings (SSSR count). The number of hydrogen-bond donors (Lipinski definition) is 0. The molecule has 0 aromatic heterocycles. The van der Waals surface area contributed by atoms with Crippen molar-refractivity contribution in [3.8, 4) is 0 Å². The van der Waals surface area contributed by atoms with E-state index in [1.807, 2.05) is 72.2 Å². The number of aryl methyl sites for hydroxylation is 2. The summed E-state index contributed by atoms with van der Waals surface area (Å²) >= 11 is 0. The normalized spacial score (nSPS) is 14.6. The first-order chi connectivity index (χ1) is 11.5. The predicted molar refractivity (Wildman–Crippen MR) is 94.2 cm³/mol. The molecule has 1 fully saturated rings. The van der Waals surface area contributed by atoms with Gasteiger partial charge in [-0.1, -0.05) is 35.4 Å². The van der Waals surface area contributed by atoms with E-state index in [0.29, 0.717) is 37.3 Å². The van der Waals surface area contributed by atoms with E-state index in [2.05, 4.69) is 0 Å². The molecule has 1 aliphatic rings. The van der Waals surface area contributed by atoms with E-state index in [-0.39, 0.29) is 11.8 Å². The number of carbonyl (C=O) groups excluding carboxylic acids is 2. The number of amides is 2. The summed E-state index contributed by atoms with van der Waals surface area (Å²) in [5.74, 6) is 0.0858. The highest BCUT2D eigenvalue weighted by Crippen LogP contribution is 2.13. The first-order valence-electron chi connectivity index (χ1n) is 8.26. The fourth-order valence-corrected chi connectivity index (χ4v) is 3.03. The molecule has 0 N–H and O–H groups in total. The van der Waals surface area contributed by atoms with Gasteiger partial charge >= 0.3 is 0 Å². The zero-order valence-corrected chi connectivity index (χ0v) is 14.2. The first kappa shape index (κ1) is 16.2. The molecular formula is C20H22N2O2. The van der Waals surface area contributed by atoms with E-state index in [4.69, 9.17) is 0 Å². The predicted octanol–water partition coefficient (Wildman–Crippen LogP) is 2.90. The maximum Gasteiger partial charge on any atom is 0.253 e. The second-order valence-corrected chi connectivity index (χ2v) is 6.32. The number of rotatable bonds is 2. The van der Waals surface area contributed by atoms with Gasteiger partial charge in [-0.2, -0.15) is 0 Å². The van der Waals surface area contributed by atoms with E-state index in [1.54, 1.807) is 0 Å². The molecule has 1 saturated heterocycles. The third-order valence-corrected chi connectivity index (χ3v) is 4.38. The molecule has 0 atom stereocenters. The Hall–Kier alpha value is -2.62. The van der Waals surface area contributed by atoms with Gasteiger partial charge in [0.05, 0.1) is 0 Å². The highest BCUT2D eigenvalue weighted by atomic mass is 16.2. The van der Waals surface area contributed by atoms with Crippen LogP contribution in [0.4, 0.5) is 0 Å². The Kier molecular flexibility index (Phi) is 4.65. The highest BCUT2D eigenvalue weighted by Gasteiger charge is 2.25. The van der Waals surface area contributed by atoms with E-state index in [9.17, 15) is 9.59 Å². The lowest BCUT2D eigenvalue weighted by atomic mass is 10.1. The molecule has 0 bridgehead atoms. The Morgan fingerprint density at radius 2 is 1.08 bits per heavy atom. The van der Waals surface area contributed by atoms with Crippen molar-refractivity contribution in [2.24, 2.45) is 0 Å². The third-order valence-electron chi connectivity index (χ3n) is 4.38. The molecular weight excluding hydrogens is 300 g/mol. The molecule has 0 aliphatic carbocycles. The monoisotopic (exact) mass is 322 g/mol. The number of carbonyl (C=O) groups is 2. The highest BCUT2D eigenvalue weighted by molar-refractivity contribution is 5.96. The maximum atomic E-state index is 12.6. The van der Waals surface area contributed by atoms with Crippen molar-refractivity contribution in [2.45, 2.75) is 13.8 Å². The fourth-order valence-electron chi connectivity index (χ4n) is 3.03. The lowest BCUT2D eigenvalue weighted by Gasteiger charge is -2.35. The lowest BCUT2D eigenvalue weighted by molar-refractivity contribution is 0.0535. The molecule has 1 aliphatic heterocycles. The summed E-state index contributed by atoms with van der Waals surface area (Å²) in [5, 5.41) is 0. The molecule has 2 aromatic carbocycles. The molecule has 2 aromatic rings. The second-order valence-electron chi connectivity index (χ2n) is 6.32. The van der Waals surface area contributed by atoms with Crippen LogP contribution in [0.3, 0.4) is 0 Å². The molecule has 0 radical (unpaired) electrons. The average Bonchev–Trinajstić information content (AvgIpc) is 2.60. The third kappa shape index (κ3) is 3.48. The Morgan fingerprint density at radius 3 is 1.42 bits per heavy atom. The minimum Gasteiger partial charge on any atom is -0.335 e. The Morgan fingerprint density at radius 1 is 0.708 bits per heavy atom. The van der Waals surface area contributed by atoms with Gasteiger partial charge in [0, 0.05) is 37.3 Å². The summed E-state index contributed by atoms with van der Waals surface area (Å²) < 4.78 is 0. The molecule has 124 valence electrons. The van der Waals surface area contributed by atoms with Crippen molar-refractivity contribution >= 4 is 11.8 Å². The maximum absolute atomic E-state index is 12.6. The van der Waals surface area contributed by atoms with Gasteiger partial charge in [-0.25, -0.2) is 0 Å². The van der Waals surface area contributed by atoms with Crippen molar-refractivity contribution in [3.05, 3.63) is 70.8 Å². The number of hydrogen-bond acceptors (Lipinski definition) is 2. The van der Waals surface area contributed by atoms with Crippen LogP contribution in [-0.4, -0.2) is 47.8 Å². The summed E-state index contributed by atoms with van der Waals surface area (Å²) in [4.78, 5) is 28.8. The van der Waals surface area contributed by atoms with Gasteiger partial charge in [-0.3, -0.25) is 9.59 Å². The van der Waals surface area contributed by atoms with Crippen molar-refractivity contribution in [1.82, 2.24) is 9.80 Å². The average molecular weight is 322 g/mol. The number of piperazine rings is 1. The quantitative estimate of drug-likeness (QED) is 0.853. The fraction of sp³-hybridized carbons (Fsp3) is 0.300. The van der Waals surface area contributed by atoms with Gasteiger partial charge in [0.2, 0.25) is 0 Å². The van der Waals surface area contributed by atoms with Crippen LogP contribution < -0.4 is 0 Å². The van der Waals surface area contributed by atoms with Crippen molar-refractivity contribution in [3.63, 3.8) is 0 Å². The lowest BCUT2D eigenvalue weighted by Crippen LogP contribution is -2.50. The number of benzene rings is 2. The summed E-state index contributed by atoms with van der Waals surface area (Å²) in [6, 6.07) is 15.3. The van der Waals surface area contributed by atoms with E-state index in [0.717, 1.165) is 11.1 Å². The minimum absolute atomic E-state index is 0.0429. The Labute approximate surface area is 142 Å². The molecule has 4 nitrogen and oxygen atoms in total. The van der Waals surface area contributed by atoms with E-state index in [1.165, 1.54) is 0 Å².